The molecular weight excluding hydrogens is 276 g/mol. The molecule has 4 nitrogen and oxygen atoms in total. The Balaban J connectivity index is 1.70. The van der Waals surface area contributed by atoms with Crippen molar-refractivity contribution >= 4 is 5.91 Å². The number of carbonyl (C=O) groups is 1. The number of piperidine rings is 1. The zero-order valence-electron chi connectivity index (χ0n) is 13.8. The van der Waals surface area contributed by atoms with Gasteiger partial charge in [0.1, 0.15) is 5.75 Å². The molecule has 1 saturated heterocycles. The molecule has 0 bridgehead atoms. The summed E-state index contributed by atoms with van der Waals surface area (Å²) in [6, 6.07) is 8.13. The normalized spacial score (nSPS) is 19.8. The van der Waals surface area contributed by atoms with Crippen molar-refractivity contribution < 1.29 is 9.53 Å². The molecule has 4 heteroatoms. The van der Waals surface area contributed by atoms with Crippen molar-refractivity contribution in [3.63, 3.8) is 0 Å². The van der Waals surface area contributed by atoms with Crippen molar-refractivity contribution in [3.05, 3.63) is 29.8 Å². The van der Waals surface area contributed by atoms with Crippen LogP contribution < -0.4 is 10.5 Å². The number of hydrogen-bond acceptors (Lipinski definition) is 3. The lowest BCUT2D eigenvalue weighted by Crippen LogP contribution is -2.45. The van der Waals surface area contributed by atoms with Gasteiger partial charge in [-0.1, -0.05) is 18.2 Å². The van der Waals surface area contributed by atoms with Gasteiger partial charge >= 0.3 is 0 Å². The summed E-state index contributed by atoms with van der Waals surface area (Å²) in [6.07, 6.45) is 3.51. The predicted molar refractivity (Wildman–Crippen MR) is 88.9 cm³/mol. The Kier molecular flexibility index (Phi) is 6.25. The summed E-state index contributed by atoms with van der Waals surface area (Å²) in [7, 11) is 0. The van der Waals surface area contributed by atoms with Crippen molar-refractivity contribution in [1.29, 1.82) is 0 Å². The van der Waals surface area contributed by atoms with Crippen LogP contribution in [0.2, 0.25) is 0 Å². The van der Waals surface area contributed by atoms with Gasteiger partial charge in [-0.15, -0.1) is 0 Å². The van der Waals surface area contributed by atoms with Gasteiger partial charge in [0.05, 0.1) is 6.61 Å². The van der Waals surface area contributed by atoms with Gasteiger partial charge in [0.15, 0.2) is 0 Å². The van der Waals surface area contributed by atoms with E-state index in [1.807, 2.05) is 43.0 Å². The zero-order valence-corrected chi connectivity index (χ0v) is 13.8. The molecule has 1 amide bonds. The molecule has 2 rings (SSSR count). The quantitative estimate of drug-likeness (QED) is 0.822. The molecule has 122 valence electrons. The fourth-order valence-electron chi connectivity index (χ4n) is 2.95. The van der Waals surface area contributed by atoms with E-state index in [2.05, 4.69) is 0 Å². The van der Waals surface area contributed by atoms with E-state index in [1.165, 1.54) is 0 Å². The maximum absolute atomic E-state index is 12.3. The molecule has 0 saturated carbocycles. The summed E-state index contributed by atoms with van der Waals surface area (Å²) in [6.45, 7) is 6.34. The first kappa shape index (κ1) is 16.8. The molecule has 0 spiro atoms. The average molecular weight is 304 g/mol. The van der Waals surface area contributed by atoms with Gasteiger partial charge in [-0.3, -0.25) is 4.79 Å². The number of rotatable bonds is 6. The van der Waals surface area contributed by atoms with Gasteiger partial charge < -0.3 is 15.4 Å². The molecule has 1 aliphatic rings. The molecule has 22 heavy (non-hydrogen) atoms. The van der Waals surface area contributed by atoms with E-state index in [0.717, 1.165) is 43.7 Å². The molecule has 0 aliphatic carbocycles. The Hall–Kier alpha value is -1.55. The van der Waals surface area contributed by atoms with Crippen LogP contribution in [-0.4, -0.2) is 36.5 Å². The van der Waals surface area contributed by atoms with Crippen LogP contribution in [0.5, 0.6) is 5.75 Å². The van der Waals surface area contributed by atoms with Gasteiger partial charge in [0, 0.05) is 25.6 Å². The third-order valence-corrected chi connectivity index (χ3v) is 4.44. The van der Waals surface area contributed by atoms with Crippen LogP contribution in [0.15, 0.2) is 24.3 Å². The summed E-state index contributed by atoms with van der Waals surface area (Å²) in [5.41, 5.74) is 7.10. The Morgan fingerprint density at radius 3 is 2.95 bits per heavy atom. The van der Waals surface area contributed by atoms with Crippen molar-refractivity contribution in [2.75, 3.05) is 19.7 Å². The summed E-state index contributed by atoms with van der Waals surface area (Å²) in [5, 5.41) is 0. The maximum Gasteiger partial charge on any atom is 0.222 e. The molecule has 1 aromatic carbocycles. The molecule has 0 unspecified atom stereocenters. The number of ether oxygens (including phenoxy) is 1. The SMILES string of the molecule is Cc1ccccc1OCCCC(=O)N1CCC[C@@H]([C@@H](C)N)C1. The fraction of sp³-hybridized carbons (Fsp3) is 0.611. The lowest BCUT2D eigenvalue weighted by molar-refractivity contribution is -0.133. The number of para-hydroxylation sites is 1. The summed E-state index contributed by atoms with van der Waals surface area (Å²) in [4.78, 5) is 14.3. The number of likely N-dealkylation sites (tertiary alicyclic amines) is 1. The van der Waals surface area contributed by atoms with Gasteiger partial charge in [-0.25, -0.2) is 0 Å². The number of hydrogen-bond donors (Lipinski definition) is 1. The number of carbonyl (C=O) groups excluding carboxylic acids is 1. The first-order valence-electron chi connectivity index (χ1n) is 8.29. The van der Waals surface area contributed by atoms with Gasteiger partial charge in [0.25, 0.3) is 0 Å². The van der Waals surface area contributed by atoms with E-state index in [0.29, 0.717) is 18.9 Å². The number of aryl methyl sites for hydroxylation is 1. The number of benzene rings is 1. The van der Waals surface area contributed by atoms with Crippen LogP contribution in [0.1, 0.15) is 38.2 Å². The van der Waals surface area contributed by atoms with E-state index >= 15 is 0 Å². The number of nitrogens with zero attached hydrogens (tertiary/aromatic N) is 1. The predicted octanol–water partition coefficient (Wildman–Crippen LogP) is 2.74. The largest absolute Gasteiger partial charge is 0.493 e. The molecule has 1 fully saturated rings. The van der Waals surface area contributed by atoms with Crippen molar-refractivity contribution in [2.45, 2.75) is 45.6 Å². The number of nitrogens with two attached hydrogens (primary N) is 1. The summed E-state index contributed by atoms with van der Waals surface area (Å²) in [5.74, 6) is 1.59. The van der Waals surface area contributed by atoms with Crippen LogP contribution in [0.4, 0.5) is 0 Å². The van der Waals surface area contributed by atoms with Crippen molar-refractivity contribution in [1.82, 2.24) is 4.90 Å². The van der Waals surface area contributed by atoms with Gasteiger partial charge in [0.2, 0.25) is 5.91 Å². The van der Waals surface area contributed by atoms with E-state index < -0.39 is 0 Å². The Bertz CT molecular complexity index is 488. The van der Waals surface area contributed by atoms with E-state index in [4.69, 9.17) is 10.5 Å². The highest BCUT2D eigenvalue weighted by Gasteiger charge is 2.25. The molecule has 1 heterocycles. The second-order valence-electron chi connectivity index (χ2n) is 6.32. The highest BCUT2D eigenvalue weighted by atomic mass is 16.5. The average Bonchev–Trinajstić information content (AvgIpc) is 2.53. The Labute approximate surface area is 133 Å². The lowest BCUT2D eigenvalue weighted by atomic mass is 9.92. The van der Waals surface area contributed by atoms with Crippen LogP contribution in [0, 0.1) is 12.8 Å². The summed E-state index contributed by atoms with van der Waals surface area (Å²) < 4.78 is 5.74. The third kappa shape index (κ3) is 4.73. The minimum Gasteiger partial charge on any atom is -0.493 e. The molecule has 1 aromatic rings. The first-order valence-corrected chi connectivity index (χ1v) is 8.29. The second-order valence-corrected chi connectivity index (χ2v) is 6.32. The zero-order chi connectivity index (χ0) is 15.9. The van der Waals surface area contributed by atoms with E-state index in [-0.39, 0.29) is 11.9 Å². The van der Waals surface area contributed by atoms with Gasteiger partial charge in [-0.2, -0.15) is 0 Å². The number of amides is 1. The Morgan fingerprint density at radius 2 is 2.23 bits per heavy atom. The van der Waals surface area contributed by atoms with Crippen LogP contribution in [0.25, 0.3) is 0 Å². The van der Waals surface area contributed by atoms with Gasteiger partial charge in [-0.05, 0) is 50.7 Å². The first-order chi connectivity index (χ1) is 10.6. The maximum atomic E-state index is 12.3. The van der Waals surface area contributed by atoms with Crippen molar-refractivity contribution in [3.8, 4) is 5.75 Å². The standard InChI is InChI=1S/C18H28N2O2/c1-14-7-3-4-9-17(14)22-12-6-10-18(21)20-11-5-8-16(13-20)15(2)19/h3-4,7,9,15-16H,5-6,8,10-13,19H2,1-2H3/t15-,16-/m1/s1. The second kappa shape index (κ2) is 8.18. The van der Waals surface area contributed by atoms with Crippen LogP contribution in [0.3, 0.4) is 0 Å². The minimum atomic E-state index is 0.167. The molecule has 1 aliphatic heterocycles. The molecule has 0 aromatic heterocycles. The fourth-order valence-corrected chi connectivity index (χ4v) is 2.95. The Morgan fingerprint density at radius 1 is 1.45 bits per heavy atom. The molecule has 0 radical (unpaired) electrons. The van der Waals surface area contributed by atoms with Crippen LogP contribution >= 0.6 is 0 Å². The monoisotopic (exact) mass is 304 g/mol. The topological polar surface area (TPSA) is 55.6 Å². The lowest BCUT2D eigenvalue weighted by Gasteiger charge is -2.34. The highest BCUT2D eigenvalue weighted by molar-refractivity contribution is 5.76. The van der Waals surface area contributed by atoms with E-state index in [9.17, 15) is 4.79 Å². The van der Waals surface area contributed by atoms with Crippen molar-refractivity contribution in [2.24, 2.45) is 11.7 Å². The minimum absolute atomic E-state index is 0.167. The highest BCUT2D eigenvalue weighted by Crippen LogP contribution is 2.20. The molecule has 2 atom stereocenters. The van der Waals surface area contributed by atoms with E-state index in [1.54, 1.807) is 0 Å². The smallest absolute Gasteiger partial charge is 0.222 e. The van der Waals surface area contributed by atoms with Crippen LogP contribution in [-0.2, 0) is 4.79 Å². The molecule has 2 N–H and O–H groups in total. The molecular formula is C18H28N2O2. The third-order valence-electron chi connectivity index (χ3n) is 4.44. The summed E-state index contributed by atoms with van der Waals surface area (Å²) >= 11 is 0.